The highest BCUT2D eigenvalue weighted by Gasteiger charge is 2.16. The maximum atomic E-state index is 12.0. The predicted octanol–water partition coefficient (Wildman–Crippen LogP) is 3.55. The Kier molecular flexibility index (Phi) is 3.86. The minimum absolute atomic E-state index is 0.161. The van der Waals surface area contributed by atoms with E-state index in [1.54, 1.807) is 12.1 Å². The normalized spacial score (nSPS) is 11.4. The van der Waals surface area contributed by atoms with E-state index in [-0.39, 0.29) is 4.21 Å². The average molecular weight is 368 g/mol. The zero-order chi connectivity index (χ0) is 13.3. The van der Waals surface area contributed by atoms with Crippen molar-refractivity contribution < 1.29 is 8.42 Å². The fourth-order valence-corrected chi connectivity index (χ4v) is 4.03. The highest BCUT2D eigenvalue weighted by molar-refractivity contribution is 9.10. The topological polar surface area (TPSA) is 72.2 Å². The van der Waals surface area contributed by atoms with E-state index < -0.39 is 10.0 Å². The van der Waals surface area contributed by atoms with Crippen LogP contribution in [0.1, 0.15) is 0 Å². The van der Waals surface area contributed by atoms with Gasteiger partial charge in [-0.1, -0.05) is 11.6 Å². The van der Waals surface area contributed by atoms with Crippen molar-refractivity contribution in [2.45, 2.75) is 4.21 Å². The van der Waals surface area contributed by atoms with Crippen LogP contribution in [0.15, 0.2) is 39.0 Å². The molecule has 0 amide bonds. The monoisotopic (exact) mass is 366 g/mol. The van der Waals surface area contributed by atoms with Crippen LogP contribution in [-0.4, -0.2) is 8.42 Å². The highest BCUT2D eigenvalue weighted by atomic mass is 79.9. The Morgan fingerprint density at radius 3 is 2.56 bits per heavy atom. The molecule has 0 aliphatic heterocycles. The van der Waals surface area contributed by atoms with Crippen molar-refractivity contribution in [1.29, 1.82) is 0 Å². The molecule has 1 heterocycles. The Morgan fingerprint density at radius 2 is 2.00 bits per heavy atom. The number of sulfonamides is 1. The van der Waals surface area contributed by atoms with E-state index in [1.165, 1.54) is 18.2 Å². The number of hydrogen-bond donors (Lipinski definition) is 2. The number of nitrogen functional groups attached to an aromatic ring is 1. The first-order chi connectivity index (χ1) is 8.38. The molecule has 2 aromatic rings. The average Bonchev–Trinajstić information content (AvgIpc) is 2.71. The Hall–Kier alpha value is -0.760. The first-order valence-corrected chi connectivity index (χ1v) is 8.19. The maximum absolute atomic E-state index is 12.0. The van der Waals surface area contributed by atoms with Crippen LogP contribution in [0.5, 0.6) is 0 Å². The number of anilines is 2. The summed E-state index contributed by atoms with van der Waals surface area (Å²) in [6, 6.07) is 7.83. The molecule has 2 rings (SSSR count). The van der Waals surface area contributed by atoms with Crippen molar-refractivity contribution in [3.8, 4) is 0 Å². The van der Waals surface area contributed by atoms with Crippen LogP contribution in [0, 0.1) is 0 Å². The van der Waals surface area contributed by atoms with E-state index in [0.29, 0.717) is 20.2 Å². The quantitative estimate of drug-likeness (QED) is 0.815. The minimum atomic E-state index is -3.61. The summed E-state index contributed by atoms with van der Waals surface area (Å²) in [6.45, 7) is 0. The maximum Gasteiger partial charge on any atom is 0.271 e. The molecule has 0 spiro atoms. The summed E-state index contributed by atoms with van der Waals surface area (Å²) in [4.78, 5) is 0. The summed E-state index contributed by atoms with van der Waals surface area (Å²) in [7, 11) is -3.61. The minimum Gasteiger partial charge on any atom is -0.398 e. The van der Waals surface area contributed by atoms with Gasteiger partial charge in [0.05, 0.1) is 10.0 Å². The van der Waals surface area contributed by atoms with Gasteiger partial charge in [0.2, 0.25) is 0 Å². The van der Waals surface area contributed by atoms with Gasteiger partial charge in [0.25, 0.3) is 10.0 Å². The zero-order valence-corrected chi connectivity index (χ0v) is 12.8. The Balaban J connectivity index is 2.30. The standard InChI is InChI=1S/C10H8BrClN2O2S2/c11-7-2-1-6(5-8(7)13)14-18(15,16)10-4-3-9(12)17-10/h1-5,14H,13H2. The van der Waals surface area contributed by atoms with Crippen LogP contribution in [0.2, 0.25) is 4.34 Å². The SMILES string of the molecule is Nc1cc(NS(=O)(=O)c2ccc(Cl)s2)ccc1Br. The second kappa shape index (κ2) is 5.08. The lowest BCUT2D eigenvalue weighted by Gasteiger charge is -2.07. The molecule has 1 aromatic carbocycles. The van der Waals surface area contributed by atoms with Gasteiger partial charge in [0.1, 0.15) is 4.21 Å². The first kappa shape index (κ1) is 13.7. The summed E-state index contributed by atoms with van der Waals surface area (Å²) >= 11 is 9.95. The van der Waals surface area contributed by atoms with Gasteiger partial charge in [0.15, 0.2) is 0 Å². The van der Waals surface area contributed by atoms with E-state index >= 15 is 0 Å². The summed E-state index contributed by atoms with van der Waals surface area (Å²) in [5.41, 5.74) is 6.54. The van der Waals surface area contributed by atoms with Crippen LogP contribution in [0.4, 0.5) is 11.4 Å². The second-order valence-electron chi connectivity index (χ2n) is 3.40. The van der Waals surface area contributed by atoms with Crippen molar-refractivity contribution in [2.24, 2.45) is 0 Å². The van der Waals surface area contributed by atoms with Crippen LogP contribution in [0.25, 0.3) is 0 Å². The molecular weight excluding hydrogens is 360 g/mol. The van der Waals surface area contributed by atoms with Gasteiger partial charge in [0, 0.05) is 10.2 Å². The van der Waals surface area contributed by atoms with Crippen LogP contribution < -0.4 is 10.5 Å². The van der Waals surface area contributed by atoms with E-state index in [0.717, 1.165) is 11.3 Å². The number of hydrogen-bond acceptors (Lipinski definition) is 4. The Morgan fingerprint density at radius 1 is 1.28 bits per heavy atom. The fourth-order valence-electron chi connectivity index (χ4n) is 1.25. The molecule has 3 N–H and O–H groups in total. The van der Waals surface area contributed by atoms with Gasteiger partial charge in [-0.05, 0) is 46.3 Å². The molecule has 1 aromatic heterocycles. The molecule has 0 saturated carbocycles. The van der Waals surface area contributed by atoms with Gasteiger partial charge in [-0.2, -0.15) is 0 Å². The van der Waals surface area contributed by atoms with Crippen molar-refractivity contribution in [1.82, 2.24) is 0 Å². The number of benzene rings is 1. The smallest absolute Gasteiger partial charge is 0.271 e. The molecule has 0 fully saturated rings. The summed E-state index contributed by atoms with van der Waals surface area (Å²) in [5.74, 6) is 0. The highest BCUT2D eigenvalue weighted by Crippen LogP contribution is 2.29. The number of thiophene rings is 1. The van der Waals surface area contributed by atoms with Gasteiger partial charge in [-0.3, -0.25) is 4.72 Å². The van der Waals surface area contributed by atoms with Crippen LogP contribution in [-0.2, 0) is 10.0 Å². The second-order valence-corrected chi connectivity index (χ2v) is 7.88. The number of nitrogens with one attached hydrogen (secondary N) is 1. The molecule has 0 unspecified atom stereocenters. The largest absolute Gasteiger partial charge is 0.398 e. The van der Waals surface area contributed by atoms with Crippen LogP contribution in [0.3, 0.4) is 0 Å². The van der Waals surface area contributed by atoms with Gasteiger partial charge >= 0.3 is 0 Å². The Labute approximate surface area is 122 Å². The molecule has 0 bridgehead atoms. The third-order valence-electron chi connectivity index (χ3n) is 2.06. The molecule has 0 aliphatic rings. The van der Waals surface area contributed by atoms with Crippen molar-refractivity contribution >= 4 is 60.3 Å². The van der Waals surface area contributed by atoms with Crippen LogP contribution >= 0.6 is 38.9 Å². The van der Waals surface area contributed by atoms with E-state index in [9.17, 15) is 8.42 Å². The zero-order valence-electron chi connectivity index (χ0n) is 8.85. The van der Waals surface area contributed by atoms with E-state index in [2.05, 4.69) is 20.7 Å². The third-order valence-corrected chi connectivity index (χ3v) is 5.89. The van der Waals surface area contributed by atoms with E-state index in [4.69, 9.17) is 17.3 Å². The predicted molar refractivity (Wildman–Crippen MR) is 78.7 cm³/mol. The summed E-state index contributed by atoms with van der Waals surface area (Å²) in [6.07, 6.45) is 0. The molecule has 0 radical (unpaired) electrons. The summed E-state index contributed by atoms with van der Waals surface area (Å²) in [5, 5.41) is 0. The molecule has 0 saturated heterocycles. The molecule has 8 heteroatoms. The summed E-state index contributed by atoms with van der Waals surface area (Å²) < 4.78 is 27.7. The first-order valence-electron chi connectivity index (χ1n) is 4.72. The molecule has 0 atom stereocenters. The molecule has 4 nitrogen and oxygen atoms in total. The molecule has 0 aliphatic carbocycles. The van der Waals surface area contributed by atoms with E-state index in [1.807, 2.05) is 0 Å². The van der Waals surface area contributed by atoms with Crippen molar-refractivity contribution in [3.63, 3.8) is 0 Å². The number of rotatable bonds is 3. The molecule has 18 heavy (non-hydrogen) atoms. The van der Waals surface area contributed by atoms with Gasteiger partial charge in [-0.15, -0.1) is 11.3 Å². The fraction of sp³-hybridized carbons (Fsp3) is 0. The lowest BCUT2D eigenvalue weighted by atomic mass is 10.3. The Bertz CT molecular complexity index is 685. The van der Waals surface area contributed by atoms with Gasteiger partial charge in [-0.25, -0.2) is 8.42 Å². The van der Waals surface area contributed by atoms with Crippen molar-refractivity contribution in [3.05, 3.63) is 39.1 Å². The number of halogens is 2. The third kappa shape index (κ3) is 2.97. The lowest BCUT2D eigenvalue weighted by molar-refractivity contribution is 0.603. The lowest BCUT2D eigenvalue weighted by Crippen LogP contribution is -2.11. The van der Waals surface area contributed by atoms with Crippen molar-refractivity contribution in [2.75, 3.05) is 10.5 Å². The number of nitrogens with two attached hydrogens (primary N) is 1. The van der Waals surface area contributed by atoms with Gasteiger partial charge < -0.3 is 5.73 Å². The molecule has 96 valence electrons. The molecular formula is C10H8BrClN2O2S2.